The Morgan fingerprint density at radius 2 is 0.561 bits per heavy atom. The molecule has 0 spiro atoms. The van der Waals surface area contributed by atoms with Crippen molar-refractivity contribution < 1.29 is 69.4 Å². The molecule has 4 rings (SSSR count). The maximum absolute atomic E-state index is 10.7. The first-order chi connectivity index (χ1) is 18.4. The third kappa shape index (κ3) is 14.6. The van der Waals surface area contributed by atoms with E-state index in [0.717, 1.165) is 0 Å². The number of rotatable bonds is 2. The smallest absolute Gasteiger partial charge is 0.741 e. The first-order valence-electron chi connectivity index (χ1n) is 10.1. The van der Waals surface area contributed by atoms with E-state index in [1.54, 1.807) is 49.6 Å². The molecule has 0 amide bonds. The van der Waals surface area contributed by atoms with E-state index in [-0.39, 0.29) is 17.1 Å². The Labute approximate surface area is 240 Å². The Balaban J connectivity index is 0.000000528. The molecule has 225 valence electrons. The van der Waals surface area contributed by atoms with Crippen molar-refractivity contribution in [2.75, 3.05) is 0 Å². The summed E-state index contributed by atoms with van der Waals surface area (Å²) < 4.78 is 118. The second kappa shape index (κ2) is 16.7. The van der Waals surface area contributed by atoms with Crippen LogP contribution in [0, 0.1) is 0 Å². The summed E-state index contributed by atoms with van der Waals surface area (Å²) in [5, 5.41) is 0. The van der Waals surface area contributed by atoms with Crippen LogP contribution in [0.4, 0.5) is 26.3 Å². The van der Waals surface area contributed by atoms with Crippen LogP contribution in [0.25, 0.3) is 22.3 Å². The molecule has 0 aliphatic rings. The molecule has 0 saturated heterocycles. The van der Waals surface area contributed by atoms with Gasteiger partial charge in [-0.2, -0.15) is 26.3 Å². The van der Waals surface area contributed by atoms with Crippen molar-refractivity contribution in [1.82, 2.24) is 19.9 Å². The van der Waals surface area contributed by atoms with Crippen LogP contribution in [0.5, 0.6) is 0 Å². The first-order valence-corrected chi connectivity index (χ1v) is 12.9. The molecule has 0 fully saturated rings. The van der Waals surface area contributed by atoms with Gasteiger partial charge in [-0.1, -0.05) is 0 Å². The SMILES string of the molecule is O=S(=O)([O-])C(F)(F)F.O=S(=O)([O-])C(F)(F)F.[Cu+2].c1cc(-c2ccncc2)ccn1.c1cc(-c2ccncc2)ccn1. The molecule has 0 N–H and O–H groups in total. The fourth-order valence-electron chi connectivity index (χ4n) is 2.18. The molecule has 0 aromatic carbocycles. The molecule has 1 radical (unpaired) electrons. The van der Waals surface area contributed by atoms with E-state index in [1.807, 2.05) is 48.5 Å². The average molecular weight is 674 g/mol. The van der Waals surface area contributed by atoms with Crippen molar-refractivity contribution in [2.45, 2.75) is 11.0 Å². The van der Waals surface area contributed by atoms with Crippen LogP contribution in [-0.2, 0) is 37.3 Å². The summed E-state index contributed by atoms with van der Waals surface area (Å²) in [7, 11) is -12.2. The van der Waals surface area contributed by atoms with Gasteiger partial charge in [0, 0.05) is 49.6 Å². The number of halogens is 6. The van der Waals surface area contributed by atoms with Crippen LogP contribution in [0.2, 0.25) is 0 Å². The van der Waals surface area contributed by atoms with Gasteiger partial charge in [0.15, 0.2) is 20.2 Å². The summed E-state index contributed by atoms with van der Waals surface area (Å²) in [6, 6.07) is 15.9. The van der Waals surface area contributed by atoms with Gasteiger partial charge in [0.25, 0.3) is 0 Å². The molecule has 0 aliphatic heterocycles. The van der Waals surface area contributed by atoms with Gasteiger partial charge in [0.05, 0.1) is 0 Å². The van der Waals surface area contributed by atoms with Crippen LogP contribution in [0.1, 0.15) is 0 Å². The van der Waals surface area contributed by atoms with Gasteiger partial charge in [-0.3, -0.25) is 19.9 Å². The maximum Gasteiger partial charge on any atom is 2.00 e. The van der Waals surface area contributed by atoms with E-state index >= 15 is 0 Å². The quantitative estimate of drug-likeness (QED) is 0.129. The molecule has 0 unspecified atom stereocenters. The van der Waals surface area contributed by atoms with E-state index in [0.29, 0.717) is 0 Å². The van der Waals surface area contributed by atoms with E-state index in [4.69, 9.17) is 25.9 Å². The molecule has 4 aromatic rings. The Hall–Kier alpha value is -3.48. The Kier molecular flexibility index (Phi) is 15.3. The maximum atomic E-state index is 10.7. The predicted octanol–water partition coefficient (Wildman–Crippen LogP) is 4.39. The largest absolute Gasteiger partial charge is 2.00 e. The van der Waals surface area contributed by atoms with E-state index in [9.17, 15) is 26.3 Å². The molecule has 0 saturated carbocycles. The van der Waals surface area contributed by atoms with Gasteiger partial charge in [-0.05, 0) is 70.8 Å². The molecule has 4 aromatic heterocycles. The predicted molar refractivity (Wildman–Crippen MR) is 126 cm³/mol. The molecular weight excluding hydrogens is 658 g/mol. The number of alkyl halides is 6. The van der Waals surface area contributed by atoms with Crippen LogP contribution >= 0.6 is 0 Å². The van der Waals surface area contributed by atoms with Crippen molar-refractivity contribution >= 4 is 20.2 Å². The van der Waals surface area contributed by atoms with Crippen LogP contribution < -0.4 is 0 Å². The second-order valence-electron chi connectivity index (χ2n) is 6.74. The summed E-state index contributed by atoms with van der Waals surface area (Å²) in [6.07, 6.45) is 14.3. The Morgan fingerprint density at radius 3 is 0.659 bits per heavy atom. The van der Waals surface area contributed by atoms with Gasteiger partial charge in [-0.15, -0.1) is 0 Å². The monoisotopic (exact) mass is 673 g/mol. The Morgan fingerprint density at radius 1 is 0.439 bits per heavy atom. The summed E-state index contributed by atoms with van der Waals surface area (Å²) in [4.78, 5) is 15.8. The minimum atomic E-state index is -6.09. The Bertz CT molecular complexity index is 1310. The zero-order valence-electron chi connectivity index (χ0n) is 19.9. The third-order valence-corrected chi connectivity index (χ3v) is 5.09. The van der Waals surface area contributed by atoms with E-state index in [1.165, 1.54) is 22.3 Å². The topological polar surface area (TPSA) is 166 Å². The van der Waals surface area contributed by atoms with Crippen molar-refractivity contribution in [3.05, 3.63) is 98.1 Å². The van der Waals surface area contributed by atoms with Gasteiger partial charge >= 0.3 is 28.1 Å². The summed E-state index contributed by atoms with van der Waals surface area (Å²) in [6.45, 7) is 0. The van der Waals surface area contributed by atoms with Crippen molar-refractivity contribution in [1.29, 1.82) is 0 Å². The first kappa shape index (κ1) is 37.5. The van der Waals surface area contributed by atoms with E-state index < -0.39 is 31.3 Å². The minimum absolute atomic E-state index is 0. The van der Waals surface area contributed by atoms with Gasteiger partial charge < -0.3 is 9.11 Å². The molecule has 4 heterocycles. The molecular formula is C22H16CuF6N4O6S2. The van der Waals surface area contributed by atoms with Crippen molar-refractivity contribution in [3.8, 4) is 22.3 Å². The summed E-state index contributed by atoms with van der Waals surface area (Å²) in [5.41, 5.74) is -6.60. The van der Waals surface area contributed by atoms with Gasteiger partial charge in [0.1, 0.15) is 0 Å². The zero-order chi connectivity index (χ0) is 30.5. The standard InChI is InChI=1S/2C10H8N2.2CHF3O3S.Cu/c2*1-5-11-6-2-9(1)10-3-7-12-8-4-10;2*2-1(3,4)8(5,6)7;/h2*1-8H;2*(H,5,6,7);/q;;;;+2/p-2. The molecule has 19 heteroatoms. The van der Waals surface area contributed by atoms with Crippen LogP contribution in [-0.4, -0.2) is 56.9 Å². The third-order valence-electron chi connectivity index (χ3n) is 3.95. The summed E-state index contributed by atoms with van der Waals surface area (Å²) in [5.74, 6) is 0. The number of hydrogen-bond donors (Lipinski definition) is 0. The average Bonchev–Trinajstić information content (AvgIpc) is 2.90. The van der Waals surface area contributed by atoms with Crippen LogP contribution in [0.15, 0.2) is 98.1 Å². The van der Waals surface area contributed by atoms with E-state index in [2.05, 4.69) is 19.9 Å². The number of pyridine rings is 4. The van der Waals surface area contributed by atoms with Crippen molar-refractivity contribution in [2.24, 2.45) is 0 Å². The fraction of sp³-hybridized carbons (Fsp3) is 0.0909. The van der Waals surface area contributed by atoms with Crippen LogP contribution in [0.3, 0.4) is 0 Å². The zero-order valence-corrected chi connectivity index (χ0v) is 22.4. The summed E-state index contributed by atoms with van der Waals surface area (Å²) >= 11 is 0. The van der Waals surface area contributed by atoms with Crippen molar-refractivity contribution in [3.63, 3.8) is 0 Å². The number of nitrogens with zero attached hydrogens (tertiary/aromatic N) is 4. The molecule has 0 bridgehead atoms. The fourth-order valence-corrected chi connectivity index (χ4v) is 2.18. The molecule has 10 nitrogen and oxygen atoms in total. The minimum Gasteiger partial charge on any atom is -0.741 e. The van der Waals surface area contributed by atoms with Gasteiger partial charge in [-0.25, -0.2) is 16.8 Å². The van der Waals surface area contributed by atoms with Gasteiger partial charge in [0.2, 0.25) is 0 Å². The number of hydrogen-bond acceptors (Lipinski definition) is 10. The molecule has 0 aliphatic carbocycles. The normalized spacial score (nSPS) is 11.1. The molecule has 0 atom stereocenters. The number of aromatic nitrogens is 4. The second-order valence-corrected chi connectivity index (χ2v) is 9.49. The molecule has 41 heavy (non-hydrogen) atoms.